The molecule has 136 valence electrons. The van der Waals surface area contributed by atoms with E-state index in [0.29, 0.717) is 6.04 Å². The first-order chi connectivity index (χ1) is 11.6. The maximum atomic E-state index is 10.4. The highest BCUT2D eigenvalue weighted by atomic mass is 16.5. The van der Waals surface area contributed by atoms with Crippen molar-refractivity contribution in [3.05, 3.63) is 18.2 Å². The lowest BCUT2D eigenvalue weighted by Crippen LogP contribution is -2.54. The van der Waals surface area contributed by atoms with Gasteiger partial charge in [0.2, 0.25) is 0 Å². The largest absolute Gasteiger partial charge is 0.390 e. The Kier molecular flexibility index (Phi) is 6.24. The summed E-state index contributed by atoms with van der Waals surface area (Å²) in [6.07, 6.45) is 3.58. The third kappa shape index (κ3) is 4.77. The van der Waals surface area contributed by atoms with Crippen LogP contribution in [0.3, 0.4) is 0 Å². The first-order valence-electron chi connectivity index (χ1n) is 9.02. The van der Waals surface area contributed by atoms with Gasteiger partial charge in [0.1, 0.15) is 5.82 Å². The van der Waals surface area contributed by atoms with E-state index in [9.17, 15) is 5.11 Å². The normalized spacial score (nSPS) is 25.9. The molecule has 3 rings (SSSR count). The highest BCUT2D eigenvalue weighted by Gasteiger charge is 2.26. The second-order valence-electron chi connectivity index (χ2n) is 7.10. The van der Waals surface area contributed by atoms with Crippen LogP contribution >= 0.6 is 0 Å². The van der Waals surface area contributed by atoms with Crippen LogP contribution in [0.15, 0.2) is 12.4 Å². The monoisotopic (exact) mass is 337 g/mol. The number of imidazole rings is 1. The van der Waals surface area contributed by atoms with Crippen molar-refractivity contribution in [2.24, 2.45) is 7.05 Å². The topological polar surface area (TPSA) is 57.0 Å². The molecule has 7 heteroatoms. The van der Waals surface area contributed by atoms with Gasteiger partial charge in [0.25, 0.3) is 0 Å². The minimum atomic E-state index is -0.281. The first-order valence-corrected chi connectivity index (χ1v) is 9.02. The average Bonchev–Trinajstić information content (AvgIpc) is 2.96. The van der Waals surface area contributed by atoms with Crippen LogP contribution in [0.5, 0.6) is 0 Å². The van der Waals surface area contributed by atoms with Gasteiger partial charge in [0, 0.05) is 71.3 Å². The van der Waals surface area contributed by atoms with E-state index < -0.39 is 0 Å². The van der Waals surface area contributed by atoms with Gasteiger partial charge in [-0.3, -0.25) is 14.7 Å². The summed E-state index contributed by atoms with van der Waals surface area (Å²) >= 11 is 0. The molecular formula is C17H31N5O2. The molecule has 2 fully saturated rings. The van der Waals surface area contributed by atoms with Crippen LogP contribution in [-0.2, 0) is 18.3 Å². The summed E-state index contributed by atoms with van der Waals surface area (Å²) in [5.74, 6) is 1.11. The molecule has 2 aliphatic rings. The van der Waals surface area contributed by atoms with E-state index >= 15 is 0 Å². The standard InChI is InChI=1S/C17H31N5O2/c1-15-11-21(13-16(23)12-20-7-9-24-10-8-20)5-6-22(15)14-17-18-3-4-19(17)2/h3-4,15-16,23H,5-14H2,1-2H3. The van der Waals surface area contributed by atoms with E-state index in [1.807, 2.05) is 19.4 Å². The molecular weight excluding hydrogens is 306 g/mol. The molecule has 0 aliphatic carbocycles. The number of aliphatic hydroxyl groups excluding tert-OH is 1. The summed E-state index contributed by atoms with van der Waals surface area (Å²) in [5.41, 5.74) is 0. The van der Waals surface area contributed by atoms with Crippen molar-refractivity contribution in [3.63, 3.8) is 0 Å². The highest BCUT2D eigenvalue weighted by Crippen LogP contribution is 2.13. The zero-order valence-electron chi connectivity index (χ0n) is 15.0. The quantitative estimate of drug-likeness (QED) is 0.764. The molecule has 0 radical (unpaired) electrons. The number of aryl methyl sites for hydroxylation is 1. The van der Waals surface area contributed by atoms with E-state index in [-0.39, 0.29) is 6.10 Å². The van der Waals surface area contributed by atoms with Gasteiger partial charge >= 0.3 is 0 Å². The molecule has 0 bridgehead atoms. The fraction of sp³-hybridized carbons (Fsp3) is 0.824. The van der Waals surface area contributed by atoms with E-state index in [1.165, 1.54) is 0 Å². The number of piperazine rings is 1. The van der Waals surface area contributed by atoms with Gasteiger partial charge in [-0.05, 0) is 6.92 Å². The van der Waals surface area contributed by atoms with Crippen molar-refractivity contribution in [1.82, 2.24) is 24.3 Å². The van der Waals surface area contributed by atoms with Crippen LogP contribution < -0.4 is 0 Å². The van der Waals surface area contributed by atoms with Gasteiger partial charge in [-0.1, -0.05) is 0 Å². The summed E-state index contributed by atoms with van der Waals surface area (Å²) in [6, 6.07) is 0.478. The lowest BCUT2D eigenvalue weighted by atomic mass is 10.1. The number of hydrogen-bond acceptors (Lipinski definition) is 6. The van der Waals surface area contributed by atoms with Gasteiger partial charge in [-0.2, -0.15) is 0 Å². The third-order valence-electron chi connectivity index (χ3n) is 5.16. The van der Waals surface area contributed by atoms with Crippen LogP contribution in [-0.4, -0.2) is 101 Å². The predicted octanol–water partition coefficient (Wildman–Crippen LogP) is -0.381. The Morgan fingerprint density at radius 1 is 1.21 bits per heavy atom. The summed E-state index contributed by atoms with van der Waals surface area (Å²) in [5, 5.41) is 10.4. The SMILES string of the molecule is CC1CN(CC(O)CN2CCOCC2)CCN1Cc1nccn1C. The number of β-amino-alcohol motifs (C(OH)–C–C–N with tert-alkyl or cyclic N) is 1. The molecule has 0 saturated carbocycles. The number of aliphatic hydroxyl groups is 1. The van der Waals surface area contributed by atoms with E-state index in [1.54, 1.807) is 0 Å². The van der Waals surface area contributed by atoms with Crippen LogP contribution in [0, 0.1) is 0 Å². The van der Waals surface area contributed by atoms with E-state index in [4.69, 9.17) is 4.74 Å². The van der Waals surface area contributed by atoms with Crippen LogP contribution in [0.2, 0.25) is 0 Å². The average molecular weight is 337 g/mol. The Balaban J connectivity index is 1.42. The van der Waals surface area contributed by atoms with Gasteiger partial charge in [-0.15, -0.1) is 0 Å². The van der Waals surface area contributed by atoms with Crippen molar-refractivity contribution < 1.29 is 9.84 Å². The predicted molar refractivity (Wildman–Crippen MR) is 92.8 cm³/mol. The minimum Gasteiger partial charge on any atom is -0.390 e. The number of ether oxygens (including phenoxy) is 1. The number of hydrogen-bond donors (Lipinski definition) is 1. The van der Waals surface area contributed by atoms with Crippen molar-refractivity contribution in [1.29, 1.82) is 0 Å². The van der Waals surface area contributed by atoms with Gasteiger partial charge in [0.05, 0.1) is 25.9 Å². The Morgan fingerprint density at radius 2 is 1.96 bits per heavy atom. The number of morpholine rings is 1. The number of rotatable bonds is 6. The fourth-order valence-electron chi connectivity index (χ4n) is 3.64. The third-order valence-corrected chi connectivity index (χ3v) is 5.16. The molecule has 2 atom stereocenters. The maximum absolute atomic E-state index is 10.4. The summed E-state index contributed by atoms with van der Waals surface area (Å²) in [7, 11) is 2.05. The first kappa shape index (κ1) is 17.8. The van der Waals surface area contributed by atoms with Gasteiger partial charge < -0.3 is 14.4 Å². The van der Waals surface area contributed by atoms with Gasteiger partial charge in [0.15, 0.2) is 0 Å². The fourth-order valence-corrected chi connectivity index (χ4v) is 3.64. The van der Waals surface area contributed by atoms with Crippen LogP contribution in [0.4, 0.5) is 0 Å². The summed E-state index contributed by atoms with van der Waals surface area (Å²) in [6.45, 7) is 11.2. The minimum absolute atomic E-state index is 0.281. The molecule has 2 aliphatic heterocycles. The molecule has 24 heavy (non-hydrogen) atoms. The summed E-state index contributed by atoms with van der Waals surface area (Å²) < 4.78 is 7.45. The van der Waals surface area contributed by atoms with Crippen LogP contribution in [0.1, 0.15) is 12.7 Å². The Hall–Kier alpha value is -0.990. The lowest BCUT2D eigenvalue weighted by molar-refractivity contribution is -0.00330. The lowest BCUT2D eigenvalue weighted by Gasteiger charge is -2.40. The van der Waals surface area contributed by atoms with Crippen molar-refractivity contribution in [3.8, 4) is 0 Å². The highest BCUT2D eigenvalue weighted by molar-refractivity contribution is 4.93. The molecule has 0 amide bonds. The van der Waals surface area contributed by atoms with Crippen molar-refractivity contribution in [2.45, 2.75) is 25.6 Å². The van der Waals surface area contributed by atoms with E-state index in [0.717, 1.165) is 71.4 Å². The van der Waals surface area contributed by atoms with Crippen molar-refractivity contribution in [2.75, 3.05) is 59.0 Å². The van der Waals surface area contributed by atoms with E-state index in [2.05, 4.69) is 31.2 Å². The van der Waals surface area contributed by atoms with Crippen molar-refractivity contribution >= 4 is 0 Å². The molecule has 2 saturated heterocycles. The molecule has 0 aromatic carbocycles. The van der Waals surface area contributed by atoms with Gasteiger partial charge in [-0.25, -0.2) is 4.98 Å². The smallest absolute Gasteiger partial charge is 0.122 e. The molecule has 0 spiro atoms. The molecule has 3 heterocycles. The van der Waals surface area contributed by atoms with Crippen LogP contribution in [0.25, 0.3) is 0 Å². The Labute approximate surface area is 144 Å². The number of aromatic nitrogens is 2. The number of nitrogens with zero attached hydrogens (tertiary/aromatic N) is 5. The molecule has 1 aromatic rings. The molecule has 2 unspecified atom stereocenters. The zero-order valence-corrected chi connectivity index (χ0v) is 15.0. The molecule has 1 N–H and O–H groups in total. The molecule has 7 nitrogen and oxygen atoms in total. The Morgan fingerprint density at radius 3 is 2.62 bits per heavy atom. The second-order valence-corrected chi connectivity index (χ2v) is 7.10. The summed E-state index contributed by atoms with van der Waals surface area (Å²) in [4.78, 5) is 11.6. The second kappa shape index (κ2) is 8.40. The zero-order chi connectivity index (χ0) is 16.9. The molecule has 1 aromatic heterocycles. The Bertz CT molecular complexity index is 503. The maximum Gasteiger partial charge on any atom is 0.122 e.